The maximum Gasteiger partial charge on any atom is 0.169 e. The molecule has 3 unspecified atom stereocenters. The van der Waals surface area contributed by atoms with Crippen LogP contribution in [0.3, 0.4) is 0 Å². The van der Waals surface area contributed by atoms with E-state index in [1.807, 2.05) is 0 Å². The van der Waals surface area contributed by atoms with Crippen molar-refractivity contribution in [2.45, 2.75) is 32.1 Å². The van der Waals surface area contributed by atoms with Crippen molar-refractivity contribution in [1.82, 2.24) is 0 Å². The van der Waals surface area contributed by atoms with Crippen molar-refractivity contribution in [3.8, 4) is 0 Å². The maximum absolute atomic E-state index is 13.9. The molecule has 3 atom stereocenters. The minimum atomic E-state index is -0.770. The number of carbonyl (C=O) groups excluding carboxylic acids is 1. The molecule has 102 valence electrons. The lowest BCUT2D eigenvalue weighted by Gasteiger charge is -2.21. The molecule has 0 N–H and O–H groups in total. The summed E-state index contributed by atoms with van der Waals surface area (Å²) in [5.41, 5.74) is -0.378. The summed E-state index contributed by atoms with van der Waals surface area (Å²) >= 11 is 3.00. The van der Waals surface area contributed by atoms with Gasteiger partial charge in [0.2, 0.25) is 0 Å². The summed E-state index contributed by atoms with van der Waals surface area (Å²) in [6.45, 7) is 0. The highest BCUT2D eigenvalue weighted by Crippen LogP contribution is 2.49. The second-order valence-electron chi connectivity index (χ2n) is 5.78. The normalized spacial score (nSPS) is 28.9. The van der Waals surface area contributed by atoms with Crippen LogP contribution >= 0.6 is 15.9 Å². The van der Waals surface area contributed by atoms with Crippen molar-refractivity contribution in [3.05, 3.63) is 33.8 Å². The Bertz CT molecular complexity index is 529. The van der Waals surface area contributed by atoms with E-state index in [0.29, 0.717) is 11.8 Å². The Balaban J connectivity index is 1.79. The SMILES string of the molecule is O=C(CC1CC2CCC1C2)c1c(F)ccc(Br)c1F. The summed E-state index contributed by atoms with van der Waals surface area (Å²) in [6.07, 6.45) is 4.96. The third-order valence-electron chi connectivity index (χ3n) is 4.65. The van der Waals surface area contributed by atoms with Gasteiger partial charge in [-0.25, -0.2) is 8.78 Å². The predicted octanol–water partition coefficient (Wildman–Crippen LogP) is 4.74. The number of hydrogen-bond donors (Lipinski definition) is 0. The average Bonchev–Trinajstić information content (AvgIpc) is 2.96. The Morgan fingerprint density at radius 3 is 2.68 bits per heavy atom. The van der Waals surface area contributed by atoms with E-state index in [-0.39, 0.29) is 16.5 Å². The van der Waals surface area contributed by atoms with Gasteiger partial charge in [0.1, 0.15) is 5.82 Å². The van der Waals surface area contributed by atoms with E-state index < -0.39 is 17.4 Å². The van der Waals surface area contributed by atoms with Crippen LogP contribution < -0.4 is 0 Å². The van der Waals surface area contributed by atoms with E-state index >= 15 is 0 Å². The Labute approximate surface area is 119 Å². The number of halogens is 3. The van der Waals surface area contributed by atoms with E-state index in [0.717, 1.165) is 18.4 Å². The number of carbonyl (C=O) groups is 1. The molecule has 0 saturated heterocycles. The fourth-order valence-electron chi connectivity index (χ4n) is 3.75. The molecule has 0 aromatic heterocycles. The molecule has 1 aromatic rings. The Morgan fingerprint density at radius 2 is 2.05 bits per heavy atom. The molecule has 2 bridgehead atoms. The summed E-state index contributed by atoms with van der Waals surface area (Å²) in [4.78, 5) is 12.2. The molecule has 19 heavy (non-hydrogen) atoms. The first-order valence-electron chi connectivity index (χ1n) is 6.73. The second-order valence-corrected chi connectivity index (χ2v) is 6.63. The van der Waals surface area contributed by atoms with E-state index in [1.165, 1.54) is 25.3 Å². The van der Waals surface area contributed by atoms with Crippen LogP contribution in [0.25, 0.3) is 0 Å². The van der Waals surface area contributed by atoms with Crippen LogP contribution in [0, 0.1) is 29.4 Å². The van der Waals surface area contributed by atoms with Crippen molar-refractivity contribution in [3.63, 3.8) is 0 Å². The monoisotopic (exact) mass is 328 g/mol. The van der Waals surface area contributed by atoms with Gasteiger partial charge >= 0.3 is 0 Å². The van der Waals surface area contributed by atoms with Crippen LogP contribution in [0.2, 0.25) is 0 Å². The molecule has 2 aliphatic rings. The fourth-order valence-corrected chi connectivity index (χ4v) is 4.08. The lowest BCUT2D eigenvalue weighted by molar-refractivity contribution is 0.0935. The number of benzene rings is 1. The van der Waals surface area contributed by atoms with Crippen LogP contribution in [0.1, 0.15) is 42.5 Å². The van der Waals surface area contributed by atoms with Crippen LogP contribution in [0.5, 0.6) is 0 Å². The van der Waals surface area contributed by atoms with Crippen LogP contribution in [0.15, 0.2) is 16.6 Å². The summed E-state index contributed by atoms with van der Waals surface area (Å²) in [7, 11) is 0. The lowest BCUT2D eigenvalue weighted by Crippen LogP contribution is -2.17. The smallest absolute Gasteiger partial charge is 0.169 e. The summed E-state index contributed by atoms with van der Waals surface area (Å²) in [5, 5.41) is 0. The van der Waals surface area contributed by atoms with Gasteiger partial charge in [-0.15, -0.1) is 0 Å². The quantitative estimate of drug-likeness (QED) is 0.578. The molecule has 2 saturated carbocycles. The van der Waals surface area contributed by atoms with Gasteiger partial charge in [0, 0.05) is 6.42 Å². The standard InChI is InChI=1S/C15H15BrF2O/c16-11-3-4-12(17)14(15(11)18)13(19)7-10-6-8-1-2-9(10)5-8/h3-4,8-10H,1-2,5-7H2. The third kappa shape index (κ3) is 2.35. The highest BCUT2D eigenvalue weighted by Gasteiger charge is 2.40. The van der Waals surface area contributed by atoms with Gasteiger partial charge in [0.15, 0.2) is 11.6 Å². The molecule has 2 fully saturated rings. The van der Waals surface area contributed by atoms with E-state index in [4.69, 9.17) is 0 Å². The van der Waals surface area contributed by atoms with Crippen LogP contribution in [0.4, 0.5) is 8.78 Å². The topological polar surface area (TPSA) is 17.1 Å². The largest absolute Gasteiger partial charge is 0.294 e. The Hall–Kier alpha value is -0.770. The molecule has 0 radical (unpaired) electrons. The van der Waals surface area contributed by atoms with E-state index in [2.05, 4.69) is 15.9 Å². The van der Waals surface area contributed by atoms with E-state index in [9.17, 15) is 13.6 Å². The molecule has 4 heteroatoms. The molecule has 0 heterocycles. The minimum Gasteiger partial charge on any atom is -0.294 e. The fraction of sp³-hybridized carbons (Fsp3) is 0.533. The molecule has 2 aliphatic carbocycles. The number of rotatable bonds is 3. The lowest BCUT2D eigenvalue weighted by atomic mass is 9.84. The predicted molar refractivity (Wildman–Crippen MR) is 71.9 cm³/mol. The second kappa shape index (κ2) is 4.97. The first-order chi connectivity index (χ1) is 9.06. The zero-order valence-corrected chi connectivity index (χ0v) is 12.1. The van der Waals surface area contributed by atoms with E-state index in [1.54, 1.807) is 0 Å². The molecular weight excluding hydrogens is 314 g/mol. The van der Waals surface area contributed by atoms with Gasteiger partial charge < -0.3 is 0 Å². The van der Waals surface area contributed by atoms with Crippen molar-refractivity contribution in [2.24, 2.45) is 17.8 Å². The number of ketones is 1. The van der Waals surface area contributed by atoms with Gasteiger partial charge in [-0.2, -0.15) is 0 Å². The zero-order valence-electron chi connectivity index (χ0n) is 10.5. The van der Waals surface area contributed by atoms with Crippen LogP contribution in [-0.2, 0) is 0 Å². The number of Topliss-reactive ketones (excluding diaryl/α,β-unsaturated/α-hetero) is 1. The van der Waals surface area contributed by atoms with Crippen molar-refractivity contribution in [2.75, 3.05) is 0 Å². The zero-order chi connectivity index (χ0) is 13.6. The average molecular weight is 329 g/mol. The Morgan fingerprint density at radius 1 is 1.26 bits per heavy atom. The third-order valence-corrected chi connectivity index (χ3v) is 5.27. The van der Waals surface area contributed by atoms with Gasteiger partial charge in [0.25, 0.3) is 0 Å². The van der Waals surface area contributed by atoms with Crippen molar-refractivity contribution < 1.29 is 13.6 Å². The van der Waals surface area contributed by atoms with Crippen molar-refractivity contribution in [1.29, 1.82) is 0 Å². The summed E-state index contributed by atoms with van der Waals surface area (Å²) < 4.78 is 27.7. The number of fused-ring (bicyclic) bond motifs is 2. The molecule has 3 rings (SSSR count). The molecular formula is C15H15BrF2O. The number of hydrogen-bond acceptors (Lipinski definition) is 1. The maximum atomic E-state index is 13.9. The van der Waals surface area contributed by atoms with Crippen LogP contribution in [-0.4, -0.2) is 5.78 Å². The highest BCUT2D eigenvalue weighted by atomic mass is 79.9. The van der Waals surface area contributed by atoms with Gasteiger partial charge in [-0.05, 0) is 65.1 Å². The van der Waals surface area contributed by atoms with Gasteiger partial charge in [-0.1, -0.05) is 6.42 Å². The molecule has 1 aromatic carbocycles. The first kappa shape index (κ1) is 13.2. The highest BCUT2D eigenvalue weighted by molar-refractivity contribution is 9.10. The summed E-state index contributed by atoms with van der Waals surface area (Å²) in [6, 6.07) is 2.43. The molecule has 1 nitrogen and oxygen atoms in total. The summed E-state index contributed by atoms with van der Waals surface area (Å²) in [5.74, 6) is -0.271. The minimum absolute atomic E-state index is 0.144. The first-order valence-corrected chi connectivity index (χ1v) is 7.52. The Kier molecular flexibility index (Phi) is 3.46. The molecule has 0 spiro atoms. The molecule has 0 amide bonds. The van der Waals surface area contributed by atoms with Gasteiger partial charge in [0.05, 0.1) is 10.0 Å². The van der Waals surface area contributed by atoms with Crippen molar-refractivity contribution >= 4 is 21.7 Å². The molecule has 0 aliphatic heterocycles. The van der Waals surface area contributed by atoms with Gasteiger partial charge in [-0.3, -0.25) is 4.79 Å².